The second-order valence-corrected chi connectivity index (χ2v) is 10.5. The van der Waals surface area contributed by atoms with Crippen LogP contribution in [0.4, 0.5) is 0 Å². The topological polar surface area (TPSA) is 78.5 Å². The highest BCUT2D eigenvalue weighted by Gasteiger charge is 2.33. The minimum Gasteiger partial charge on any atom is -0.356 e. The van der Waals surface area contributed by atoms with Gasteiger partial charge in [-0.2, -0.15) is 4.31 Å². The Morgan fingerprint density at radius 3 is 2.85 bits per heavy atom. The van der Waals surface area contributed by atoms with Crippen molar-refractivity contribution in [3.05, 3.63) is 17.0 Å². The number of amides is 1. The van der Waals surface area contributed by atoms with Crippen molar-refractivity contribution in [2.45, 2.75) is 36.8 Å². The van der Waals surface area contributed by atoms with E-state index in [-0.39, 0.29) is 30.8 Å². The first-order valence-electron chi connectivity index (χ1n) is 9.02. The van der Waals surface area contributed by atoms with Gasteiger partial charge in [-0.05, 0) is 63.7 Å². The molecular weight excluding hydrogens is 394 g/mol. The van der Waals surface area contributed by atoms with Crippen molar-refractivity contribution >= 4 is 39.7 Å². The second kappa shape index (κ2) is 9.50. The number of carbonyl (C=O) groups excluding carboxylic acids is 1. The summed E-state index contributed by atoms with van der Waals surface area (Å²) in [7, 11) is -3.48. The summed E-state index contributed by atoms with van der Waals surface area (Å²) < 4.78 is 27.4. The van der Waals surface area contributed by atoms with Gasteiger partial charge >= 0.3 is 0 Å². The van der Waals surface area contributed by atoms with Crippen molar-refractivity contribution in [1.82, 2.24) is 14.9 Å². The summed E-state index contributed by atoms with van der Waals surface area (Å²) in [6.07, 6.45) is 3.65. The molecule has 3 heterocycles. The monoisotopic (exact) mass is 421 g/mol. The van der Waals surface area contributed by atoms with Gasteiger partial charge in [0.2, 0.25) is 5.91 Å². The fourth-order valence-corrected chi connectivity index (χ4v) is 6.52. The number of aryl methyl sites for hydroxylation is 1. The van der Waals surface area contributed by atoms with E-state index in [1.165, 1.54) is 22.1 Å². The summed E-state index contributed by atoms with van der Waals surface area (Å²) in [5, 5.41) is 6.34. The Hall–Kier alpha value is -0.670. The van der Waals surface area contributed by atoms with Gasteiger partial charge in [0.25, 0.3) is 10.0 Å². The maximum Gasteiger partial charge on any atom is 0.252 e. The first-order valence-corrected chi connectivity index (χ1v) is 11.3. The second-order valence-electron chi connectivity index (χ2n) is 7.01. The fraction of sp³-hybridized carbons (Fsp3) is 0.706. The third-order valence-electron chi connectivity index (χ3n) is 5.08. The molecule has 2 aliphatic rings. The number of hydrogen-bond donors (Lipinski definition) is 2. The number of halogens is 1. The lowest BCUT2D eigenvalue weighted by atomic mass is 9.98. The Morgan fingerprint density at radius 1 is 1.38 bits per heavy atom. The molecule has 2 unspecified atom stereocenters. The molecule has 2 fully saturated rings. The molecule has 2 saturated heterocycles. The SMILES string of the molecule is Cc1ccc(S(=O)(=O)N2CCCC(C(=O)NCCC3CCNC3)C2)s1.Cl. The molecule has 9 heteroatoms. The molecule has 1 amide bonds. The summed E-state index contributed by atoms with van der Waals surface area (Å²) >= 11 is 1.29. The van der Waals surface area contributed by atoms with E-state index < -0.39 is 10.0 Å². The summed E-state index contributed by atoms with van der Waals surface area (Å²) in [5.74, 6) is 0.394. The first kappa shape index (κ1) is 21.6. The zero-order valence-electron chi connectivity index (χ0n) is 15.1. The number of hydrogen-bond acceptors (Lipinski definition) is 5. The minimum atomic E-state index is -3.48. The Morgan fingerprint density at radius 2 is 2.19 bits per heavy atom. The lowest BCUT2D eigenvalue weighted by Gasteiger charge is -2.30. The quantitative estimate of drug-likeness (QED) is 0.736. The molecule has 1 aromatic rings. The highest BCUT2D eigenvalue weighted by atomic mass is 35.5. The van der Waals surface area contributed by atoms with Crippen LogP contribution in [0.15, 0.2) is 16.3 Å². The van der Waals surface area contributed by atoms with Crippen molar-refractivity contribution in [2.24, 2.45) is 11.8 Å². The first-order chi connectivity index (χ1) is 12.0. The lowest BCUT2D eigenvalue weighted by molar-refractivity contribution is -0.126. The van der Waals surface area contributed by atoms with Crippen molar-refractivity contribution in [3.63, 3.8) is 0 Å². The molecule has 3 rings (SSSR count). The maximum atomic E-state index is 12.8. The number of sulfonamides is 1. The molecule has 2 N–H and O–H groups in total. The van der Waals surface area contributed by atoms with E-state index >= 15 is 0 Å². The third-order valence-corrected chi connectivity index (χ3v) is 8.41. The normalized spacial score (nSPS) is 24.2. The summed E-state index contributed by atoms with van der Waals surface area (Å²) in [6, 6.07) is 3.48. The smallest absolute Gasteiger partial charge is 0.252 e. The predicted molar refractivity (Wildman–Crippen MR) is 106 cm³/mol. The Kier molecular flexibility index (Phi) is 7.90. The molecule has 6 nitrogen and oxygen atoms in total. The summed E-state index contributed by atoms with van der Waals surface area (Å²) in [6.45, 7) is 5.46. The highest BCUT2D eigenvalue weighted by molar-refractivity contribution is 7.91. The Balaban J connectivity index is 0.00000243. The van der Waals surface area contributed by atoms with E-state index in [1.54, 1.807) is 6.07 Å². The molecule has 0 spiro atoms. The van der Waals surface area contributed by atoms with E-state index in [1.807, 2.05) is 13.0 Å². The lowest BCUT2D eigenvalue weighted by Crippen LogP contribution is -2.45. The number of rotatable bonds is 6. The van der Waals surface area contributed by atoms with Crippen LogP contribution in [0.25, 0.3) is 0 Å². The van der Waals surface area contributed by atoms with Gasteiger partial charge in [-0.15, -0.1) is 23.7 Å². The van der Waals surface area contributed by atoms with Crippen LogP contribution in [0.1, 0.15) is 30.6 Å². The average Bonchev–Trinajstić information content (AvgIpc) is 3.27. The van der Waals surface area contributed by atoms with Gasteiger partial charge in [0.15, 0.2) is 0 Å². The van der Waals surface area contributed by atoms with Crippen LogP contribution in [-0.4, -0.2) is 51.4 Å². The van der Waals surface area contributed by atoms with Crippen molar-refractivity contribution in [2.75, 3.05) is 32.7 Å². The van der Waals surface area contributed by atoms with E-state index in [4.69, 9.17) is 0 Å². The summed E-state index contributed by atoms with van der Waals surface area (Å²) in [5.41, 5.74) is 0. The molecule has 0 radical (unpaired) electrons. The highest BCUT2D eigenvalue weighted by Crippen LogP contribution is 2.28. The molecule has 0 saturated carbocycles. The average molecular weight is 422 g/mol. The van der Waals surface area contributed by atoms with Crippen LogP contribution in [-0.2, 0) is 14.8 Å². The van der Waals surface area contributed by atoms with Crippen LogP contribution in [0.3, 0.4) is 0 Å². The van der Waals surface area contributed by atoms with Crippen LogP contribution in [0.5, 0.6) is 0 Å². The van der Waals surface area contributed by atoms with E-state index in [0.717, 1.165) is 37.2 Å². The van der Waals surface area contributed by atoms with Gasteiger partial charge in [-0.3, -0.25) is 4.79 Å². The number of thiophene rings is 1. The van der Waals surface area contributed by atoms with E-state index in [9.17, 15) is 13.2 Å². The molecule has 0 bridgehead atoms. The number of nitrogens with zero attached hydrogens (tertiary/aromatic N) is 1. The standard InChI is InChI=1S/C17H27N3O3S2.ClH/c1-13-4-5-16(24-13)25(22,23)20-10-2-3-15(12-20)17(21)19-9-7-14-6-8-18-11-14;/h4-5,14-15,18H,2-3,6-12H2,1H3,(H,19,21);1H. The molecule has 148 valence electrons. The predicted octanol–water partition coefficient (Wildman–Crippen LogP) is 1.99. The molecular formula is C17H28ClN3O3S2. The van der Waals surface area contributed by atoms with Crippen molar-refractivity contribution < 1.29 is 13.2 Å². The molecule has 26 heavy (non-hydrogen) atoms. The minimum absolute atomic E-state index is 0. The van der Waals surface area contributed by atoms with Gasteiger partial charge in [-0.25, -0.2) is 8.42 Å². The fourth-order valence-electron chi connectivity index (χ4n) is 3.56. The van der Waals surface area contributed by atoms with Gasteiger partial charge in [0.05, 0.1) is 5.92 Å². The molecule has 0 aliphatic carbocycles. The van der Waals surface area contributed by atoms with Crippen LogP contribution in [0, 0.1) is 18.8 Å². The van der Waals surface area contributed by atoms with Gasteiger partial charge in [0.1, 0.15) is 4.21 Å². The van der Waals surface area contributed by atoms with Crippen molar-refractivity contribution in [1.29, 1.82) is 0 Å². The molecule has 0 aromatic carbocycles. The zero-order valence-corrected chi connectivity index (χ0v) is 17.5. The number of carbonyl (C=O) groups is 1. The molecule has 2 atom stereocenters. The maximum absolute atomic E-state index is 12.8. The van der Waals surface area contributed by atoms with Gasteiger partial charge in [0, 0.05) is 24.5 Å². The van der Waals surface area contributed by atoms with E-state index in [2.05, 4.69) is 10.6 Å². The molecule has 1 aromatic heterocycles. The van der Waals surface area contributed by atoms with Gasteiger partial charge in [-0.1, -0.05) is 0 Å². The van der Waals surface area contributed by atoms with Crippen LogP contribution < -0.4 is 10.6 Å². The largest absolute Gasteiger partial charge is 0.356 e. The molecule has 2 aliphatic heterocycles. The van der Waals surface area contributed by atoms with Crippen molar-refractivity contribution in [3.8, 4) is 0 Å². The Bertz CT molecular complexity index is 702. The van der Waals surface area contributed by atoms with Gasteiger partial charge < -0.3 is 10.6 Å². The van der Waals surface area contributed by atoms with Crippen LogP contribution in [0.2, 0.25) is 0 Å². The zero-order chi connectivity index (χ0) is 17.9. The third kappa shape index (κ3) is 5.19. The van der Waals surface area contributed by atoms with Crippen LogP contribution >= 0.6 is 23.7 Å². The number of piperidine rings is 1. The Labute approximate surface area is 166 Å². The summed E-state index contributed by atoms with van der Waals surface area (Å²) in [4.78, 5) is 13.4. The van der Waals surface area contributed by atoms with E-state index in [0.29, 0.717) is 23.2 Å². The number of nitrogens with one attached hydrogen (secondary N) is 2.